The molecule has 11 nitrogen and oxygen atoms in total. The van der Waals surface area contributed by atoms with E-state index >= 15 is 0 Å². The number of aromatic hydroxyl groups is 1. The molecule has 0 radical (unpaired) electrons. The highest BCUT2D eigenvalue weighted by Crippen LogP contribution is 2.40. The predicted molar refractivity (Wildman–Crippen MR) is 123 cm³/mol. The number of aromatic nitrogens is 6. The first-order valence-electron chi connectivity index (χ1n) is 10.2. The summed E-state index contributed by atoms with van der Waals surface area (Å²) in [6, 6.07) is 6.69. The number of H-pyrrole nitrogens is 1. The zero-order chi connectivity index (χ0) is 23.1. The van der Waals surface area contributed by atoms with Gasteiger partial charge in [0.1, 0.15) is 0 Å². The summed E-state index contributed by atoms with van der Waals surface area (Å²) >= 11 is 6.08. The van der Waals surface area contributed by atoms with Crippen molar-refractivity contribution in [1.82, 2.24) is 35.3 Å². The highest BCUT2D eigenvalue weighted by molar-refractivity contribution is 6.32. The Hall–Kier alpha value is -4.12. The number of nitrogens with zero attached hydrogens (tertiary/aromatic N) is 5. The summed E-state index contributed by atoms with van der Waals surface area (Å²) in [5, 5.41) is 27.8. The van der Waals surface area contributed by atoms with Crippen LogP contribution in [-0.4, -0.2) is 47.5 Å². The van der Waals surface area contributed by atoms with Gasteiger partial charge in [-0.2, -0.15) is 0 Å². The number of halogens is 1. The minimum absolute atomic E-state index is 0.112. The number of amides is 1. The van der Waals surface area contributed by atoms with Gasteiger partial charge >= 0.3 is 0 Å². The van der Waals surface area contributed by atoms with Crippen molar-refractivity contribution in [3.8, 4) is 17.1 Å². The van der Waals surface area contributed by atoms with Gasteiger partial charge in [0.25, 0.3) is 5.91 Å². The van der Waals surface area contributed by atoms with Gasteiger partial charge in [-0.25, -0.2) is 9.97 Å². The smallest absolute Gasteiger partial charge is 0.255 e. The van der Waals surface area contributed by atoms with Crippen molar-refractivity contribution in [2.75, 3.05) is 17.2 Å². The number of benzene rings is 1. The van der Waals surface area contributed by atoms with E-state index in [-0.39, 0.29) is 16.7 Å². The van der Waals surface area contributed by atoms with Gasteiger partial charge in [-0.05, 0) is 25.1 Å². The highest BCUT2D eigenvalue weighted by Gasteiger charge is 2.28. The molecule has 0 saturated carbocycles. The first-order chi connectivity index (χ1) is 15.9. The zero-order valence-electron chi connectivity index (χ0n) is 17.8. The van der Waals surface area contributed by atoms with E-state index in [2.05, 4.69) is 41.2 Å². The van der Waals surface area contributed by atoms with Gasteiger partial charge < -0.3 is 26.0 Å². The molecule has 0 unspecified atom stereocenters. The molecule has 1 aliphatic rings. The molecule has 0 atom stereocenters. The Labute approximate surface area is 193 Å². The minimum Gasteiger partial charge on any atom is -0.504 e. The lowest BCUT2D eigenvalue weighted by molar-refractivity contribution is 0.0947. The fourth-order valence-electron chi connectivity index (χ4n) is 3.63. The van der Waals surface area contributed by atoms with Gasteiger partial charge in [-0.15, -0.1) is 5.10 Å². The third kappa shape index (κ3) is 3.72. The van der Waals surface area contributed by atoms with Gasteiger partial charge in [-0.1, -0.05) is 22.9 Å². The molecule has 0 saturated heterocycles. The second-order valence-electron chi connectivity index (χ2n) is 7.53. The number of rotatable bonds is 5. The first-order valence-corrected chi connectivity index (χ1v) is 10.5. The molecule has 5 N–H and O–H groups in total. The number of hydrogen-bond acceptors (Lipinski definition) is 8. The first kappa shape index (κ1) is 20.8. The third-order valence-corrected chi connectivity index (χ3v) is 5.77. The largest absolute Gasteiger partial charge is 0.504 e. The van der Waals surface area contributed by atoms with Crippen LogP contribution in [0, 0.1) is 6.92 Å². The van der Waals surface area contributed by atoms with E-state index in [0.717, 1.165) is 11.4 Å². The molecule has 3 aromatic heterocycles. The molecule has 168 valence electrons. The normalized spacial score (nSPS) is 12.9. The number of anilines is 4. The number of fused-ring (bicyclic) bond motifs is 1. The molecule has 4 heterocycles. The van der Waals surface area contributed by atoms with Gasteiger partial charge in [0.15, 0.2) is 11.6 Å². The molecular formula is C21H20ClN9O2. The molecule has 5 rings (SSSR count). The Kier molecular flexibility index (Phi) is 5.09. The molecule has 0 fully saturated rings. The van der Waals surface area contributed by atoms with Crippen LogP contribution in [0.2, 0.25) is 5.02 Å². The number of phenolic OH excluding ortho intramolecular Hbond substituents is 1. The van der Waals surface area contributed by atoms with Crippen LogP contribution in [0.25, 0.3) is 11.4 Å². The summed E-state index contributed by atoms with van der Waals surface area (Å²) in [6.45, 7) is 2.40. The number of carbonyl (C=O) groups is 1. The van der Waals surface area contributed by atoms with Crippen LogP contribution in [-0.2, 0) is 13.5 Å². The maximum atomic E-state index is 12.7. The number of aryl methyl sites for hydroxylation is 1. The van der Waals surface area contributed by atoms with Crippen molar-refractivity contribution in [3.63, 3.8) is 0 Å². The van der Waals surface area contributed by atoms with Crippen LogP contribution in [0.4, 0.5) is 23.1 Å². The lowest BCUT2D eigenvalue weighted by atomic mass is 10.1. The van der Waals surface area contributed by atoms with Gasteiger partial charge in [-0.3, -0.25) is 9.48 Å². The van der Waals surface area contributed by atoms with E-state index in [9.17, 15) is 9.90 Å². The quantitative estimate of drug-likeness (QED) is 0.283. The van der Waals surface area contributed by atoms with E-state index in [0.29, 0.717) is 53.1 Å². The topological polar surface area (TPSA) is 146 Å². The van der Waals surface area contributed by atoms with E-state index in [1.54, 1.807) is 42.2 Å². The van der Waals surface area contributed by atoms with E-state index < -0.39 is 0 Å². The Morgan fingerprint density at radius 3 is 2.88 bits per heavy atom. The fourth-order valence-corrected chi connectivity index (χ4v) is 3.81. The van der Waals surface area contributed by atoms with Crippen molar-refractivity contribution in [1.29, 1.82) is 0 Å². The Morgan fingerprint density at radius 1 is 1.24 bits per heavy atom. The number of phenols is 1. The molecular weight excluding hydrogens is 446 g/mol. The number of carbonyl (C=O) groups excluding carboxylic acids is 1. The summed E-state index contributed by atoms with van der Waals surface area (Å²) in [4.78, 5) is 24.9. The maximum Gasteiger partial charge on any atom is 0.255 e. The van der Waals surface area contributed by atoms with Gasteiger partial charge in [0.05, 0.1) is 39.0 Å². The standard InChI is InChI=1S/C21H20ClN9O2/c1-10-19(29-30-31(10)2)28-21-24-9-7-13(27-21)16-17(15-12(25-16)6-8-23-20(15)33)26-14-5-3-4-11(22)18(14)32/h3-5,7,9,25-26,32H,6,8H2,1-2H3,(H,23,33)(H,24,27,28). The molecule has 0 aliphatic carbocycles. The molecule has 33 heavy (non-hydrogen) atoms. The molecule has 4 aromatic rings. The van der Waals surface area contributed by atoms with Crippen LogP contribution >= 0.6 is 11.6 Å². The molecule has 1 aliphatic heterocycles. The van der Waals surface area contributed by atoms with Crippen LogP contribution < -0.4 is 16.0 Å². The predicted octanol–water partition coefficient (Wildman–Crippen LogP) is 3.04. The van der Waals surface area contributed by atoms with Crippen LogP contribution in [0.3, 0.4) is 0 Å². The van der Waals surface area contributed by atoms with Crippen molar-refractivity contribution in [3.05, 3.63) is 52.4 Å². The second kappa shape index (κ2) is 8.10. The van der Waals surface area contributed by atoms with Gasteiger partial charge in [0, 0.05) is 31.9 Å². The Bertz CT molecular complexity index is 1380. The summed E-state index contributed by atoms with van der Waals surface area (Å²) in [5.41, 5.74) is 4.04. The SMILES string of the molecule is Cc1c(Nc2nccc(-c3[nH]c4c(c3Nc3cccc(Cl)c3O)C(=O)NCC4)n2)nnn1C. The van der Waals surface area contributed by atoms with E-state index in [1.807, 2.05) is 6.92 Å². The molecule has 0 spiro atoms. The Morgan fingerprint density at radius 2 is 2.09 bits per heavy atom. The number of nitrogens with one attached hydrogen (secondary N) is 4. The molecule has 1 aromatic carbocycles. The van der Waals surface area contributed by atoms with Crippen LogP contribution in [0.1, 0.15) is 21.7 Å². The lowest BCUT2D eigenvalue weighted by Gasteiger charge is -2.15. The minimum atomic E-state index is -0.217. The molecule has 0 bridgehead atoms. The molecule has 12 heteroatoms. The number of aromatic amines is 1. The average molecular weight is 466 g/mol. The lowest BCUT2D eigenvalue weighted by Crippen LogP contribution is -2.31. The molecule has 1 amide bonds. The summed E-state index contributed by atoms with van der Waals surface area (Å²) < 4.78 is 1.64. The number of para-hydroxylation sites is 1. The van der Waals surface area contributed by atoms with Crippen molar-refractivity contribution < 1.29 is 9.90 Å². The van der Waals surface area contributed by atoms with Crippen molar-refractivity contribution in [2.24, 2.45) is 7.05 Å². The van der Waals surface area contributed by atoms with E-state index in [4.69, 9.17) is 11.6 Å². The highest BCUT2D eigenvalue weighted by atomic mass is 35.5. The monoisotopic (exact) mass is 465 g/mol. The van der Waals surface area contributed by atoms with Crippen LogP contribution in [0.15, 0.2) is 30.5 Å². The van der Waals surface area contributed by atoms with Crippen LogP contribution in [0.5, 0.6) is 5.75 Å². The third-order valence-electron chi connectivity index (χ3n) is 5.46. The number of hydrogen-bond donors (Lipinski definition) is 5. The van der Waals surface area contributed by atoms with Crippen molar-refractivity contribution in [2.45, 2.75) is 13.3 Å². The second-order valence-corrected chi connectivity index (χ2v) is 7.94. The maximum absolute atomic E-state index is 12.7. The average Bonchev–Trinajstić information content (AvgIpc) is 3.33. The summed E-state index contributed by atoms with van der Waals surface area (Å²) in [7, 11) is 1.79. The summed E-state index contributed by atoms with van der Waals surface area (Å²) in [5.74, 6) is 0.538. The fraction of sp³-hybridized carbons (Fsp3) is 0.190. The summed E-state index contributed by atoms with van der Waals surface area (Å²) in [6.07, 6.45) is 2.24. The van der Waals surface area contributed by atoms with E-state index in [1.165, 1.54) is 0 Å². The zero-order valence-corrected chi connectivity index (χ0v) is 18.5. The van der Waals surface area contributed by atoms with Gasteiger partial charge in [0.2, 0.25) is 5.95 Å². The van der Waals surface area contributed by atoms with Crippen molar-refractivity contribution >= 4 is 40.6 Å². The Balaban J connectivity index is 1.59.